The lowest BCUT2D eigenvalue weighted by Crippen LogP contribution is -2.45. The van der Waals surface area contributed by atoms with Gasteiger partial charge in [-0.3, -0.25) is 9.79 Å². The molecule has 0 aromatic heterocycles. The van der Waals surface area contributed by atoms with Crippen LogP contribution in [0.1, 0.15) is 33.1 Å². The fraction of sp³-hybridized carbons (Fsp3) is 0.857. The number of likely N-dealkylation sites (tertiary alicyclic amines) is 1. The Morgan fingerprint density at radius 3 is 2.45 bits per heavy atom. The van der Waals surface area contributed by atoms with E-state index in [0.717, 1.165) is 31.5 Å². The smallest absolute Gasteiger partial charge is 0.223 e. The molecule has 0 aliphatic carbocycles. The van der Waals surface area contributed by atoms with Gasteiger partial charge in [0.05, 0.1) is 6.54 Å². The average molecular weight is 396 g/mol. The summed E-state index contributed by atoms with van der Waals surface area (Å²) < 4.78 is 0. The first kappa shape index (κ1) is 19.5. The summed E-state index contributed by atoms with van der Waals surface area (Å²) in [5, 5.41) is 3.32. The first-order chi connectivity index (χ1) is 9.04. The number of hydrogen-bond acceptors (Lipinski definition) is 2. The molecule has 1 saturated heterocycles. The van der Waals surface area contributed by atoms with Crippen molar-refractivity contribution in [1.82, 2.24) is 15.1 Å². The zero-order chi connectivity index (χ0) is 14.3. The molecule has 1 amide bonds. The van der Waals surface area contributed by atoms with Gasteiger partial charge in [-0.2, -0.15) is 0 Å². The Morgan fingerprint density at radius 1 is 1.35 bits per heavy atom. The number of hydrogen-bond donors (Lipinski definition) is 1. The van der Waals surface area contributed by atoms with Gasteiger partial charge in [0, 0.05) is 40.2 Å². The fourth-order valence-corrected chi connectivity index (χ4v) is 2.13. The third-order valence-corrected chi connectivity index (χ3v) is 3.50. The normalized spacial score (nSPS) is 16.6. The minimum Gasteiger partial charge on any atom is -0.357 e. The van der Waals surface area contributed by atoms with Gasteiger partial charge in [0.1, 0.15) is 0 Å². The van der Waals surface area contributed by atoms with Crippen molar-refractivity contribution >= 4 is 35.8 Å². The van der Waals surface area contributed by atoms with Gasteiger partial charge < -0.3 is 15.1 Å². The predicted octanol–water partition coefficient (Wildman–Crippen LogP) is 1.78. The lowest BCUT2D eigenvalue weighted by atomic mass is 10.00. The van der Waals surface area contributed by atoms with E-state index >= 15 is 0 Å². The molecule has 0 saturated carbocycles. The van der Waals surface area contributed by atoms with E-state index in [1.165, 1.54) is 12.8 Å². The zero-order valence-electron chi connectivity index (χ0n) is 13.2. The number of amides is 1. The van der Waals surface area contributed by atoms with E-state index in [1.54, 1.807) is 19.0 Å². The molecular weight excluding hydrogens is 367 g/mol. The van der Waals surface area contributed by atoms with Crippen LogP contribution >= 0.6 is 24.0 Å². The van der Waals surface area contributed by atoms with Crippen LogP contribution in [-0.4, -0.2) is 61.9 Å². The van der Waals surface area contributed by atoms with Crippen LogP contribution in [0, 0.1) is 5.92 Å². The Bertz CT molecular complexity index is 312. The Hall–Kier alpha value is -0.530. The molecule has 1 aliphatic heterocycles. The zero-order valence-corrected chi connectivity index (χ0v) is 15.5. The predicted molar refractivity (Wildman–Crippen MR) is 94.7 cm³/mol. The minimum atomic E-state index is 0. The first-order valence-corrected chi connectivity index (χ1v) is 7.28. The summed E-state index contributed by atoms with van der Waals surface area (Å²) in [7, 11) is 3.56. The quantitative estimate of drug-likeness (QED) is 0.448. The van der Waals surface area contributed by atoms with E-state index in [9.17, 15) is 4.79 Å². The molecule has 1 N–H and O–H groups in total. The molecule has 0 unspecified atom stereocenters. The molecule has 1 heterocycles. The molecule has 1 aliphatic rings. The minimum absolute atomic E-state index is 0. The molecule has 0 radical (unpaired) electrons. The van der Waals surface area contributed by atoms with Crippen molar-refractivity contribution in [3.8, 4) is 0 Å². The van der Waals surface area contributed by atoms with Crippen molar-refractivity contribution in [2.45, 2.75) is 33.1 Å². The number of piperidine rings is 1. The molecule has 0 atom stereocenters. The van der Waals surface area contributed by atoms with Crippen molar-refractivity contribution in [2.75, 3.05) is 40.3 Å². The third kappa shape index (κ3) is 6.76. The van der Waals surface area contributed by atoms with Crippen LogP contribution in [-0.2, 0) is 4.79 Å². The van der Waals surface area contributed by atoms with Crippen molar-refractivity contribution in [3.05, 3.63) is 0 Å². The first-order valence-electron chi connectivity index (χ1n) is 7.28. The molecular formula is C14H29IN4O. The summed E-state index contributed by atoms with van der Waals surface area (Å²) in [4.78, 5) is 20.0. The summed E-state index contributed by atoms with van der Waals surface area (Å²) in [6, 6.07) is 0. The number of carbonyl (C=O) groups is 1. The van der Waals surface area contributed by atoms with Gasteiger partial charge in [-0.25, -0.2) is 0 Å². The Morgan fingerprint density at radius 2 is 1.95 bits per heavy atom. The molecule has 6 heteroatoms. The van der Waals surface area contributed by atoms with Gasteiger partial charge in [-0.05, 0) is 25.7 Å². The van der Waals surface area contributed by atoms with Crippen LogP contribution in [0.4, 0.5) is 0 Å². The molecule has 1 rings (SSSR count). The van der Waals surface area contributed by atoms with Crippen molar-refractivity contribution < 1.29 is 4.79 Å². The van der Waals surface area contributed by atoms with Gasteiger partial charge >= 0.3 is 0 Å². The lowest BCUT2D eigenvalue weighted by Gasteiger charge is -2.33. The van der Waals surface area contributed by atoms with Crippen LogP contribution < -0.4 is 5.32 Å². The highest BCUT2D eigenvalue weighted by Gasteiger charge is 2.18. The monoisotopic (exact) mass is 396 g/mol. The molecule has 0 aromatic rings. The number of aliphatic imine (C=N–C) groups is 1. The third-order valence-electron chi connectivity index (χ3n) is 3.50. The van der Waals surface area contributed by atoms with E-state index in [1.807, 2.05) is 0 Å². The van der Waals surface area contributed by atoms with E-state index in [2.05, 4.69) is 29.1 Å². The largest absolute Gasteiger partial charge is 0.357 e. The van der Waals surface area contributed by atoms with Gasteiger partial charge in [-0.1, -0.05) is 6.92 Å². The number of nitrogens with one attached hydrogen (secondary N) is 1. The van der Waals surface area contributed by atoms with Crippen LogP contribution in [0.5, 0.6) is 0 Å². The Balaban J connectivity index is 0.00000361. The Kier molecular flexibility index (Phi) is 9.96. The molecule has 0 bridgehead atoms. The molecule has 118 valence electrons. The summed E-state index contributed by atoms with van der Waals surface area (Å²) in [5.41, 5.74) is 0. The summed E-state index contributed by atoms with van der Waals surface area (Å²) >= 11 is 0. The summed E-state index contributed by atoms with van der Waals surface area (Å²) in [5.74, 6) is 1.90. The van der Waals surface area contributed by atoms with Crippen LogP contribution in [0.25, 0.3) is 0 Å². The molecule has 20 heavy (non-hydrogen) atoms. The van der Waals surface area contributed by atoms with Crippen molar-refractivity contribution in [3.63, 3.8) is 0 Å². The van der Waals surface area contributed by atoms with E-state index in [4.69, 9.17) is 0 Å². The topological polar surface area (TPSA) is 47.9 Å². The van der Waals surface area contributed by atoms with Crippen LogP contribution in [0.15, 0.2) is 4.99 Å². The van der Waals surface area contributed by atoms with E-state index in [-0.39, 0.29) is 29.9 Å². The summed E-state index contributed by atoms with van der Waals surface area (Å²) in [6.45, 7) is 7.94. The van der Waals surface area contributed by atoms with Crippen molar-refractivity contribution in [2.24, 2.45) is 10.9 Å². The highest BCUT2D eigenvalue weighted by Crippen LogP contribution is 2.15. The fourth-order valence-electron chi connectivity index (χ4n) is 2.13. The maximum absolute atomic E-state index is 11.5. The van der Waals surface area contributed by atoms with Crippen LogP contribution in [0.2, 0.25) is 0 Å². The number of nitrogens with zero attached hydrogens (tertiary/aromatic N) is 3. The van der Waals surface area contributed by atoms with Gasteiger partial charge in [0.25, 0.3) is 0 Å². The standard InChI is InChI=1S/C14H28N4O.HI/c1-5-15-14(16-9-6-13(19)17(3)4)18-10-7-12(2)8-11-18;/h12H,5-11H2,1-4H3,(H,15,16);1H. The molecule has 5 nitrogen and oxygen atoms in total. The SMILES string of the molecule is CCNC(=NCCC(=O)N(C)C)N1CCC(C)CC1.I. The average Bonchev–Trinajstić information content (AvgIpc) is 2.38. The van der Waals surface area contributed by atoms with Gasteiger partial charge in [0.2, 0.25) is 5.91 Å². The summed E-state index contributed by atoms with van der Waals surface area (Å²) in [6.07, 6.45) is 2.92. The van der Waals surface area contributed by atoms with Gasteiger partial charge in [0.15, 0.2) is 5.96 Å². The van der Waals surface area contributed by atoms with Gasteiger partial charge in [-0.15, -0.1) is 24.0 Å². The maximum atomic E-state index is 11.5. The number of guanidine groups is 1. The van der Waals surface area contributed by atoms with E-state index in [0.29, 0.717) is 13.0 Å². The van der Waals surface area contributed by atoms with E-state index < -0.39 is 0 Å². The highest BCUT2D eigenvalue weighted by molar-refractivity contribution is 14.0. The van der Waals surface area contributed by atoms with Crippen molar-refractivity contribution in [1.29, 1.82) is 0 Å². The Labute approximate surface area is 140 Å². The lowest BCUT2D eigenvalue weighted by molar-refractivity contribution is -0.128. The second kappa shape index (κ2) is 10.2. The second-order valence-corrected chi connectivity index (χ2v) is 5.44. The number of halogens is 1. The number of rotatable bonds is 4. The molecule has 1 fully saturated rings. The highest BCUT2D eigenvalue weighted by atomic mass is 127. The molecule has 0 aromatic carbocycles. The second-order valence-electron chi connectivity index (χ2n) is 5.44. The van der Waals surface area contributed by atoms with Crippen LogP contribution in [0.3, 0.4) is 0 Å². The number of carbonyl (C=O) groups excluding carboxylic acids is 1. The maximum Gasteiger partial charge on any atom is 0.223 e. The molecule has 0 spiro atoms.